The first-order valence-corrected chi connectivity index (χ1v) is 14.7. The van der Waals surface area contributed by atoms with Gasteiger partial charge in [-0.25, -0.2) is 10.2 Å². The Labute approximate surface area is 245 Å². The zero-order valence-corrected chi connectivity index (χ0v) is 25.0. The van der Waals surface area contributed by atoms with Crippen molar-refractivity contribution in [2.45, 2.75) is 71.8 Å². The quantitative estimate of drug-likeness (QED) is 0.178. The van der Waals surface area contributed by atoms with Gasteiger partial charge >= 0.3 is 5.97 Å². The highest BCUT2D eigenvalue weighted by atomic mass is 32.1. The van der Waals surface area contributed by atoms with Gasteiger partial charge in [-0.2, -0.15) is 5.10 Å². The number of fused-ring (bicyclic) bond motifs is 1. The molecule has 1 atom stereocenters. The number of hydrazone groups is 1. The summed E-state index contributed by atoms with van der Waals surface area (Å²) in [7, 11) is 0. The van der Waals surface area contributed by atoms with Crippen LogP contribution in [-0.2, 0) is 27.8 Å². The molecular formula is C32H37N3O5S. The van der Waals surface area contributed by atoms with Crippen LogP contribution in [-0.4, -0.2) is 36.7 Å². The van der Waals surface area contributed by atoms with E-state index in [9.17, 15) is 14.4 Å². The molecule has 0 radical (unpaired) electrons. The lowest BCUT2D eigenvalue weighted by atomic mass is 9.87. The number of hydrogen-bond acceptors (Lipinski definition) is 7. The topological polar surface area (TPSA) is 106 Å². The van der Waals surface area contributed by atoms with Crippen LogP contribution in [0.4, 0.5) is 5.00 Å². The Bertz CT molecular complexity index is 1420. The highest BCUT2D eigenvalue weighted by molar-refractivity contribution is 7.17. The summed E-state index contributed by atoms with van der Waals surface area (Å²) in [6.07, 6.45) is 4.57. The molecule has 0 fully saturated rings. The van der Waals surface area contributed by atoms with Gasteiger partial charge in [-0.3, -0.25) is 9.59 Å². The number of esters is 1. The van der Waals surface area contributed by atoms with Crippen molar-refractivity contribution in [2.75, 3.05) is 11.9 Å². The number of hydrogen-bond donors (Lipinski definition) is 2. The lowest BCUT2D eigenvalue weighted by Crippen LogP contribution is -2.33. The molecule has 41 heavy (non-hydrogen) atoms. The Balaban J connectivity index is 1.33. The summed E-state index contributed by atoms with van der Waals surface area (Å²) >= 11 is 1.45. The molecule has 0 saturated heterocycles. The molecule has 0 aliphatic heterocycles. The van der Waals surface area contributed by atoms with Crippen molar-refractivity contribution in [1.29, 1.82) is 0 Å². The maximum Gasteiger partial charge on any atom is 0.341 e. The van der Waals surface area contributed by atoms with Gasteiger partial charge in [-0.1, -0.05) is 45.0 Å². The van der Waals surface area contributed by atoms with Gasteiger partial charge in [0.1, 0.15) is 10.8 Å². The van der Waals surface area contributed by atoms with Gasteiger partial charge in [0.25, 0.3) is 11.8 Å². The average molecular weight is 576 g/mol. The number of nitrogens with one attached hydrogen (secondary N) is 2. The number of carbonyl (C=O) groups excluding carboxylic acids is 3. The first-order valence-electron chi connectivity index (χ1n) is 13.9. The van der Waals surface area contributed by atoms with E-state index >= 15 is 0 Å². The second-order valence-corrected chi connectivity index (χ2v) is 12.1. The van der Waals surface area contributed by atoms with Crippen LogP contribution in [0.1, 0.15) is 89.7 Å². The Kier molecular flexibility index (Phi) is 9.60. The van der Waals surface area contributed by atoms with Crippen molar-refractivity contribution in [1.82, 2.24) is 5.43 Å². The Morgan fingerprint density at radius 3 is 2.37 bits per heavy atom. The molecule has 0 bridgehead atoms. The summed E-state index contributed by atoms with van der Waals surface area (Å²) in [6, 6.07) is 14.5. The monoisotopic (exact) mass is 575 g/mol. The highest BCUT2D eigenvalue weighted by Crippen LogP contribution is 2.39. The predicted molar refractivity (Wildman–Crippen MR) is 162 cm³/mol. The third kappa shape index (κ3) is 7.61. The number of amides is 2. The van der Waals surface area contributed by atoms with Crippen LogP contribution in [0.5, 0.6) is 5.75 Å². The third-order valence-electron chi connectivity index (χ3n) is 6.84. The normalized spacial score (nSPS) is 13.8. The first-order chi connectivity index (χ1) is 19.6. The van der Waals surface area contributed by atoms with E-state index in [1.165, 1.54) is 16.9 Å². The molecule has 3 aromatic rings. The van der Waals surface area contributed by atoms with E-state index in [-0.39, 0.29) is 17.9 Å². The van der Waals surface area contributed by atoms with Crippen LogP contribution >= 0.6 is 11.3 Å². The fourth-order valence-electron chi connectivity index (χ4n) is 4.52. The van der Waals surface area contributed by atoms with E-state index in [1.807, 2.05) is 24.3 Å². The fourth-order valence-corrected chi connectivity index (χ4v) is 5.79. The van der Waals surface area contributed by atoms with Crippen LogP contribution in [0.3, 0.4) is 0 Å². The van der Waals surface area contributed by atoms with Gasteiger partial charge in [-0.05, 0) is 85.9 Å². The summed E-state index contributed by atoms with van der Waals surface area (Å²) < 4.78 is 11.0. The van der Waals surface area contributed by atoms with Crippen LogP contribution in [0, 0.1) is 0 Å². The van der Waals surface area contributed by atoms with Crippen molar-refractivity contribution in [3.05, 3.63) is 81.2 Å². The van der Waals surface area contributed by atoms with Crippen LogP contribution in [0.15, 0.2) is 53.6 Å². The molecule has 0 saturated carbocycles. The van der Waals surface area contributed by atoms with Crippen LogP contribution in [0.25, 0.3) is 0 Å². The van der Waals surface area contributed by atoms with Gasteiger partial charge in [0.2, 0.25) is 0 Å². The molecular weight excluding hydrogens is 538 g/mol. The van der Waals surface area contributed by atoms with Gasteiger partial charge in [0, 0.05) is 10.4 Å². The standard InChI is InChI=1S/C32H37N3O5S/c1-6-39-31(38)27-25-9-7-8-10-26(25)41-30(27)34-29(37)22-13-17-24(18-14-22)40-20(2)28(36)35-33-19-21-11-15-23(16-12-21)32(3,4)5/h11-20H,6-10H2,1-5H3,(H,34,37)(H,35,36). The summed E-state index contributed by atoms with van der Waals surface area (Å²) in [5.41, 5.74) is 6.53. The highest BCUT2D eigenvalue weighted by Gasteiger charge is 2.27. The van der Waals surface area contributed by atoms with E-state index in [0.29, 0.717) is 21.9 Å². The molecule has 0 spiro atoms. The van der Waals surface area contributed by atoms with Crippen LogP contribution < -0.4 is 15.5 Å². The molecule has 2 N–H and O–H groups in total. The molecule has 8 nitrogen and oxygen atoms in total. The van der Waals surface area contributed by atoms with Gasteiger partial charge in [-0.15, -0.1) is 11.3 Å². The molecule has 216 valence electrons. The Morgan fingerprint density at radius 2 is 1.71 bits per heavy atom. The van der Waals surface area contributed by atoms with Crippen molar-refractivity contribution in [3.8, 4) is 5.75 Å². The molecule has 4 rings (SSSR count). The Hall–Kier alpha value is -3.98. The lowest BCUT2D eigenvalue weighted by molar-refractivity contribution is -0.127. The van der Waals surface area contributed by atoms with E-state index in [2.05, 4.69) is 36.6 Å². The number of ether oxygens (including phenoxy) is 2. The minimum Gasteiger partial charge on any atom is -0.481 e. The zero-order valence-electron chi connectivity index (χ0n) is 24.2. The second kappa shape index (κ2) is 13.1. The summed E-state index contributed by atoms with van der Waals surface area (Å²) in [6.45, 7) is 10.1. The molecule has 2 aromatic carbocycles. The second-order valence-electron chi connectivity index (χ2n) is 11.0. The number of carbonyl (C=O) groups is 3. The molecule has 1 aliphatic carbocycles. The van der Waals surface area contributed by atoms with Crippen molar-refractivity contribution in [2.24, 2.45) is 5.10 Å². The number of benzene rings is 2. The molecule has 2 amide bonds. The fraction of sp³-hybridized carbons (Fsp3) is 0.375. The van der Waals surface area contributed by atoms with Crippen molar-refractivity contribution < 1.29 is 23.9 Å². The number of nitrogens with zero attached hydrogens (tertiary/aromatic N) is 1. The minimum absolute atomic E-state index is 0.0654. The minimum atomic E-state index is -0.806. The molecule has 1 aromatic heterocycles. The SMILES string of the molecule is CCOC(=O)c1c(NC(=O)c2ccc(OC(C)C(=O)NN=Cc3ccc(C(C)(C)C)cc3)cc2)sc2c1CCCC2. The van der Waals surface area contributed by atoms with Gasteiger partial charge in [0.15, 0.2) is 6.10 Å². The molecule has 1 aliphatic rings. The molecule has 1 unspecified atom stereocenters. The number of rotatable bonds is 9. The maximum atomic E-state index is 13.0. The van der Waals surface area contributed by atoms with E-state index in [1.54, 1.807) is 44.3 Å². The largest absolute Gasteiger partial charge is 0.481 e. The Morgan fingerprint density at radius 1 is 1.02 bits per heavy atom. The third-order valence-corrected chi connectivity index (χ3v) is 8.05. The number of aryl methyl sites for hydroxylation is 1. The van der Waals surface area contributed by atoms with Gasteiger partial charge < -0.3 is 14.8 Å². The smallest absolute Gasteiger partial charge is 0.341 e. The average Bonchev–Trinajstić information content (AvgIpc) is 3.31. The predicted octanol–water partition coefficient (Wildman–Crippen LogP) is 6.27. The van der Waals surface area contributed by atoms with Crippen LogP contribution in [0.2, 0.25) is 0 Å². The summed E-state index contributed by atoms with van der Waals surface area (Å²) in [5.74, 6) is -0.704. The zero-order chi connectivity index (χ0) is 29.6. The number of anilines is 1. The van der Waals surface area contributed by atoms with E-state index in [4.69, 9.17) is 9.47 Å². The van der Waals surface area contributed by atoms with Crippen molar-refractivity contribution >= 4 is 40.3 Å². The number of thiophene rings is 1. The maximum absolute atomic E-state index is 13.0. The first kappa shape index (κ1) is 30.0. The van der Waals surface area contributed by atoms with Gasteiger partial charge in [0.05, 0.1) is 18.4 Å². The summed E-state index contributed by atoms with van der Waals surface area (Å²) in [4.78, 5) is 39.3. The summed E-state index contributed by atoms with van der Waals surface area (Å²) in [5, 5.41) is 7.47. The molecule has 9 heteroatoms. The van der Waals surface area contributed by atoms with Crippen molar-refractivity contribution in [3.63, 3.8) is 0 Å². The van der Waals surface area contributed by atoms with E-state index < -0.39 is 18.0 Å². The lowest BCUT2D eigenvalue weighted by Gasteiger charge is -2.18. The van der Waals surface area contributed by atoms with E-state index in [0.717, 1.165) is 41.7 Å². The molecule has 1 heterocycles.